The Hall–Kier alpha value is -1.66. The van der Waals surface area contributed by atoms with Gasteiger partial charge in [0.15, 0.2) is 0 Å². The van der Waals surface area contributed by atoms with Crippen molar-refractivity contribution in [1.82, 2.24) is 18.0 Å². The van der Waals surface area contributed by atoms with E-state index in [1.807, 2.05) is 6.92 Å². The highest BCUT2D eigenvalue weighted by atomic mass is 32.2. The number of fused-ring (bicyclic) bond motifs is 1. The van der Waals surface area contributed by atoms with E-state index >= 15 is 0 Å². The van der Waals surface area contributed by atoms with Crippen LogP contribution in [0, 0.1) is 0 Å². The van der Waals surface area contributed by atoms with Crippen LogP contribution in [0.15, 0.2) is 23.1 Å². The lowest BCUT2D eigenvalue weighted by Crippen LogP contribution is -2.52. The van der Waals surface area contributed by atoms with E-state index in [2.05, 4.69) is 8.75 Å². The molecule has 2 aromatic rings. The van der Waals surface area contributed by atoms with Crippen LogP contribution in [0.2, 0.25) is 0 Å². The van der Waals surface area contributed by atoms with Crippen molar-refractivity contribution >= 4 is 38.7 Å². The summed E-state index contributed by atoms with van der Waals surface area (Å²) in [7, 11) is -3.70. The summed E-state index contributed by atoms with van der Waals surface area (Å²) < 4.78 is 46.4. The van der Waals surface area contributed by atoms with Crippen LogP contribution in [0.1, 0.15) is 13.8 Å². The number of hydrogen-bond donors (Lipinski definition) is 0. The molecular weight excluding hydrogens is 404 g/mol. The Kier molecular flexibility index (Phi) is 6.94. The predicted molar refractivity (Wildman–Crippen MR) is 105 cm³/mol. The van der Waals surface area contributed by atoms with Gasteiger partial charge in [-0.2, -0.15) is 13.1 Å². The second kappa shape index (κ2) is 9.23. The number of piperazine rings is 1. The van der Waals surface area contributed by atoms with Crippen LogP contribution in [-0.4, -0.2) is 84.4 Å². The summed E-state index contributed by atoms with van der Waals surface area (Å²) in [6, 6.07) is 4.95. The molecule has 1 aliphatic heterocycles. The average Bonchev–Trinajstić information content (AvgIpc) is 3.19. The first-order chi connectivity index (χ1) is 13.4. The first kappa shape index (κ1) is 21.1. The molecule has 1 aromatic carbocycles. The number of sulfonamides is 1. The molecule has 28 heavy (non-hydrogen) atoms. The van der Waals surface area contributed by atoms with Crippen molar-refractivity contribution in [1.29, 1.82) is 0 Å². The van der Waals surface area contributed by atoms with Gasteiger partial charge in [-0.05, 0) is 26.0 Å². The van der Waals surface area contributed by atoms with Crippen LogP contribution in [0.4, 0.5) is 0 Å². The normalized spacial score (nSPS) is 17.1. The maximum atomic E-state index is 13.0. The third kappa shape index (κ3) is 4.49. The molecule has 11 heteroatoms. The number of ether oxygens (including phenoxy) is 2. The molecule has 154 valence electrons. The minimum absolute atomic E-state index is 0.139. The van der Waals surface area contributed by atoms with Gasteiger partial charge in [0.25, 0.3) is 5.91 Å². The van der Waals surface area contributed by atoms with E-state index in [1.165, 1.54) is 4.31 Å². The van der Waals surface area contributed by atoms with Crippen LogP contribution < -0.4 is 0 Å². The molecule has 1 fully saturated rings. The summed E-state index contributed by atoms with van der Waals surface area (Å²) in [5, 5.41) is 0. The van der Waals surface area contributed by atoms with Gasteiger partial charge in [0.05, 0.1) is 24.9 Å². The maximum Gasteiger partial charge on any atom is 0.251 e. The molecule has 0 N–H and O–H groups in total. The van der Waals surface area contributed by atoms with Crippen LogP contribution >= 0.6 is 11.7 Å². The SMILES string of the molecule is CCOCCOC(C)C(=O)N1CCN(S(=O)(=O)c2cccc3nsnc23)CC1. The summed E-state index contributed by atoms with van der Waals surface area (Å²) in [4.78, 5) is 14.3. The molecule has 0 saturated carbocycles. The number of amides is 1. The van der Waals surface area contributed by atoms with E-state index in [-0.39, 0.29) is 23.9 Å². The van der Waals surface area contributed by atoms with Gasteiger partial charge in [-0.1, -0.05) is 6.07 Å². The average molecular weight is 429 g/mol. The molecule has 0 bridgehead atoms. The zero-order valence-corrected chi connectivity index (χ0v) is 17.5. The standard InChI is InChI=1S/C17H24N4O5S2/c1-3-25-11-12-26-13(2)17(22)20-7-9-21(10-8-20)28(23,24)15-6-4-5-14-16(15)19-27-18-14/h4-6,13H,3,7-12H2,1-2H3. The molecule has 1 aromatic heterocycles. The smallest absolute Gasteiger partial charge is 0.251 e. The molecule has 1 unspecified atom stereocenters. The van der Waals surface area contributed by atoms with Gasteiger partial charge >= 0.3 is 0 Å². The Morgan fingerprint density at radius 1 is 1.21 bits per heavy atom. The number of nitrogens with zero attached hydrogens (tertiary/aromatic N) is 4. The molecule has 2 heterocycles. The summed E-state index contributed by atoms with van der Waals surface area (Å²) in [6.07, 6.45) is -0.585. The van der Waals surface area contributed by atoms with E-state index in [0.717, 1.165) is 11.7 Å². The predicted octanol–water partition coefficient (Wildman–Crippen LogP) is 0.966. The lowest BCUT2D eigenvalue weighted by atomic mass is 10.3. The first-order valence-electron chi connectivity index (χ1n) is 9.14. The van der Waals surface area contributed by atoms with Crippen LogP contribution in [0.5, 0.6) is 0 Å². The van der Waals surface area contributed by atoms with E-state index < -0.39 is 16.1 Å². The summed E-state index contributed by atoms with van der Waals surface area (Å²) >= 11 is 0.988. The minimum Gasteiger partial charge on any atom is -0.379 e. The van der Waals surface area contributed by atoms with Gasteiger partial charge in [-0.3, -0.25) is 4.79 Å². The second-order valence-corrected chi connectivity index (χ2v) is 8.76. The third-order valence-electron chi connectivity index (χ3n) is 4.56. The number of benzene rings is 1. The Morgan fingerprint density at radius 2 is 1.96 bits per heavy atom. The van der Waals surface area contributed by atoms with Crippen molar-refractivity contribution in [3.8, 4) is 0 Å². The van der Waals surface area contributed by atoms with Crippen molar-refractivity contribution < 1.29 is 22.7 Å². The highest BCUT2D eigenvalue weighted by Crippen LogP contribution is 2.25. The molecule has 9 nitrogen and oxygen atoms in total. The molecule has 1 saturated heterocycles. The molecule has 0 spiro atoms. The highest BCUT2D eigenvalue weighted by molar-refractivity contribution is 7.89. The van der Waals surface area contributed by atoms with Crippen molar-refractivity contribution in [3.63, 3.8) is 0 Å². The fourth-order valence-electron chi connectivity index (χ4n) is 3.03. The lowest BCUT2D eigenvalue weighted by molar-refractivity contribution is -0.144. The van der Waals surface area contributed by atoms with Crippen molar-refractivity contribution in [2.75, 3.05) is 46.0 Å². The Bertz CT molecular complexity index is 909. The topological polar surface area (TPSA) is 102 Å². The van der Waals surface area contributed by atoms with Crippen molar-refractivity contribution in [3.05, 3.63) is 18.2 Å². The second-order valence-electron chi connectivity index (χ2n) is 6.33. The maximum absolute atomic E-state index is 13.0. The van der Waals surface area contributed by atoms with Crippen LogP contribution in [0.25, 0.3) is 11.0 Å². The Morgan fingerprint density at radius 3 is 2.68 bits per heavy atom. The largest absolute Gasteiger partial charge is 0.379 e. The molecule has 1 atom stereocenters. The quantitative estimate of drug-likeness (QED) is 0.577. The van der Waals surface area contributed by atoms with E-state index in [0.29, 0.717) is 43.9 Å². The number of carbonyl (C=O) groups excluding carboxylic acids is 1. The van der Waals surface area contributed by atoms with Gasteiger partial charge in [0.2, 0.25) is 10.0 Å². The van der Waals surface area contributed by atoms with Gasteiger partial charge in [-0.15, -0.1) is 0 Å². The van der Waals surface area contributed by atoms with E-state index in [1.54, 1.807) is 30.0 Å². The molecule has 0 radical (unpaired) electrons. The van der Waals surface area contributed by atoms with Gasteiger partial charge in [-0.25, -0.2) is 8.42 Å². The fraction of sp³-hybridized carbons (Fsp3) is 0.588. The van der Waals surface area contributed by atoms with Crippen molar-refractivity contribution in [2.24, 2.45) is 0 Å². The molecule has 1 aliphatic rings. The molecule has 1 amide bonds. The first-order valence-corrected chi connectivity index (χ1v) is 11.3. The van der Waals surface area contributed by atoms with Gasteiger partial charge < -0.3 is 14.4 Å². The number of rotatable bonds is 8. The molecule has 3 rings (SSSR count). The van der Waals surface area contributed by atoms with Crippen LogP contribution in [-0.2, 0) is 24.3 Å². The van der Waals surface area contributed by atoms with E-state index in [9.17, 15) is 13.2 Å². The third-order valence-corrected chi connectivity index (χ3v) is 7.04. The molecular formula is C17H24N4O5S2. The Balaban J connectivity index is 1.60. The van der Waals surface area contributed by atoms with Gasteiger partial charge in [0.1, 0.15) is 22.0 Å². The monoisotopic (exact) mass is 428 g/mol. The number of hydrogen-bond acceptors (Lipinski definition) is 8. The summed E-state index contributed by atoms with van der Waals surface area (Å²) in [6.45, 7) is 6.10. The zero-order valence-electron chi connectivity index (χ0n) is 15.9. The molecule has 0 aliphatic carbocycles. The minimum atomic E-state index is -3.70. The summed E-state index contributed by atoms with van der Waals surface area (Å²) in [5.74, 6) is -0.139. The van der Waals surface area contributed by atoms with Crippen molar-refractivity contribution in [2.45, 2.75) is 24.8 Å². The van der Waals surface area contributed by atoms with Crippen LogP contribution in [0.3, 0.4) is 0 Å². The zero-order chi connectivity index (χ0) is 20.1. The Labute approximate surface area is 168 Å². The summed E-state index contributed by atoms with van der Waals surface area (Å²) in [5.41, 5.74) is 0.959. The highest BCUT2D eigenvalue weighted by Gasteiger charge is 2.33. The fourth-order valence-corrected chi connectivity index (χ4v) is 5.21. The van der Waals surface area contributed by atoms with Gasteiger partial charge in [0, 0.05) is 32.8 Å². The lowest BCUT2D eigenvalue weighted by Gasteiger charge is -2.35. The van der Waals surface area contributed by atoms with E-state index in [4.69, 9.17) is 9.47 Å². The number of carbonyl (C=O) groups is 1. The number of aromatic nitrogens is 2.